The van der Waals surface area contributed by atoms with E-state index in [-0.39, 0.29) is 6.61 Å². The summed E-state index contributed by atoms with van der Waals surface area (Å²) in [6.07, 6.45) is 2.23. The van der Waals surface area contributed by atoms with Crippen molar-refractivity contribution in [2.24, 2.45) is 0 Å². The molecule has 8 heteroatoms. The van der Waals surface area contributed by atoms with Crippen LogP contribution in [-0.4, -0.2) is 50.0 Å². The highest BCUT2D eigenvalue weighted by Gasteiger charge is 2.36. The van der Waals surface area contributed by atoms with Crippen molar-refractivity contribution in [3.63, 3.8) is 0 Å². The largest absolute Gasteiger partial charge is 0.462 e. The summed E-state index contributed by atoms with van der Waals surface area (Å²) < 4.78 is 29.5. The number of sulfonamides is 1. The molecule has 1 heterocycles. The second-order valence-corrected chi connectivity index (χ2v) is 7.26. The molecule has 0 aliphatic carbocycles. The standard InChI is InChI=1S/C15H20N2O5S/c1-3-22-15(19)11-6-4-7-12(10-11)16-14(18)13-8-5-9-17(13)23(2,20)21/h4,6-7,10,13H,3,5,8-9H2,1-2H3,(H,16,18)/t13-/m1/s1. The molecule has 0 spiro atoms. The molecule has 2 rings (SSSR count). The van der Waals surface area contributed by atoms with E-state index in [9.17, 15) is 18.0 Å². The molecule has 1 aromatic carbocycles. The fraction of sp³-hybridized carbons (Fsp3) is 0.467. The summed E-state index contributed by atoms with van der Waals surface area (Å²) in [5.74, 6) is -0.865. The van der Waals surface area contributed by atoms with Crippen molar-refractivity contribution < 1.29 is 22.7 Å². The topological polar surface area (TPSA) is 92.8 Å². The predicted octanol–water partition coefficient (Wildman–Crippen LogP) is 1.23. The van der Waals surface area contributed by atoms with Gasteiger partial charge in [-0.1, -0.05) is 6.07 Å². The zero-order valence-electron chi connectivity index (χ0n) is 13.1. The number of anilines is 1. The molecular formula is C15H20N2O5S. The van der Waals surface area contributed by atoms with Crippen molar-refractivity contribution in [2.45, 2.75) is 25.8 Å². The van der Waals surface area contributed by atoms with Crippen LogP contribution in [0.1, 0.15) is 30.1 Å². The van der Waals surface area contributed by atoms with E-state index in [4.69, 9.17) is 4.74 Å². The normalized spacial score (nSPS) is 18.6. The van der Waals surface area contributed by atoms with Gasteiger partial charge < -0.3 is 10.1 Å². The van der Waals surface area contributed by atoms with E-state index in [1.54, 1.807) is 25.1 Å². The van der Waals surface area contributed by atoms with Gasteiger partial charge in [-0.25, -0.2) is 13.2 Å². The first-order chi connectivity index (χ1) is 10.8. The molecule has 0 bridgehead atoms. The van der Waals surface area contributed by atoms with Crippen LogP contribution in [0.25, 0.3) is 0 Å². The summed E-state index contributed by atoms with van der Waals surface area (Å²) in [6, 6.07) is 5.66. The molecule has 0 radical (unpaired) electrons. The van der Waals surface area contributed by atoms with Crippen molar-refractivity contribution >= 4 is 27.6 Å². The van der Waals surface area contributed by atoms with Crippen LogP contribution in [0.3, 0.4) is 0 Å². The van der Waals surface area contributed by atoms with E-state index in [0.29, 0.717) is 30.6 Å². The average molecular weight is 340 g/mol. The van der Waals surface area contributed by atoms with E-state index in [2.05, 4.69) is 5.32 Å². The summed E-state index contributed by atoms with van der Waals surface area (Å²) in [6.45, 7) is 2.32. The summed E-state index contributed by atoms with van der Waals surface area (Å²) in [5.41, 5.74) is 0.761. The van der Waals surface area contributed by atoms with Crippen LogP contribution >= 0.6 is 0 Å². The van der Waals surface area contributed by atoms with Crippen LogP contribution in [-0.2, 0) is 19.6 Å². The predicted molar refractivity (Wildman–Crippen MR) is 85.6 cm³/mol. The molecule has 23 heavy (non-hydrogen) atoms. The lowest BCUT2D eigenvalue weighted by Gasteiger charge is -2.21. The first kappa shape index (κ1) is 17.4. The Kier molecular flexibility index (Phi) is 5.38. The monoisotopic (exact) mass is 340 g/mol. The Morgan fingerprint density at radius 1 is 1.39 bits per heavy atom. The molecule has 1 fully saturated rings. The lowest BCUT2D eigenvalue weighted by Crippen LogP contribution is -2.42. The summed E-state index contributed by atoms with van der Waals surface area (Å²) >= 11 is 0. The molecule has 1 amide bonds. The number of hydrogen-bond donors (Lipinski definition) is 1. The van der Waals surface area contributed by atoms with Crippen LogP contribution in [0.5, 0.6) is 0 Å². The van der Waals surface area contributed by atoms with E-state index >= 15 is 0 Å². The summed E-state index contributed by atoms with van der Waals surface area (Å²) in [5, 5.41) is 2.67. The van der Waals surface area contributed by atoms with Gasteiger partial charge in [0.2, 0.25) is 15.9 Å². The van der Waals surface area contributed by atoms with Gasteiger partial charge in [0.05, 0.1) is 18.4 Å². The molecule has 1 aliphatic rings. The molecule has 0 aromatic heterocycles. The highest BCUT2D eigenvalue weighted by Crippen LogP contribution is 2.22. The van der Waals surface area contributed by atoms with Crippen LogP contribution < -0.4 is 5.32 Å². The number of benzene rings is 1. The molecule has 0 unspecified atom stereocenters. The Hall–Kier alpha value is -1.93. The lowest BCUT2D eigenvalue weighted by atomic mass is 10.2. The molecule has 1 aromatic rings. The second kappa shape index (κ2) is 7.10. The zero-order chi connectivity index (χ0) is 17.0. The van der Waals surface area contributed by atoms with E-state index in [1.165, 1.54) is 10.4 Å². The van der Waals surface area contributed by atoms with Gasteiger partial charge in [0.25, 0.3) is 0 Å². The molecule has 7 nitrogen and oxygen atoms in total. The van der Waals surface area contributed by atoms with Crippen LogP contribution in [0.15, 0.2) is 24.3 Å². The van der Waals surface area contributed by atoms with Gasteiger partial charge in [-0.15, -0.1) is 0 Å². The van der Waals surface area contributed by atoms with Gasteiger partial charge in [-0.05, 0) is 38.0 Å². The van der Waals surface area contributed by atoms with Crippen LogP contribution in [0.4, 0.5) is 5.69 Å². The Balaban J connectivity index is 2.11. The van der Waals surface area contributed by atoms with Crippen molar-refractivity contribution in [3.05, 3.63) is 29.8 Å². The Labute approximate surface area is 135 Å². The number of rotatable bonds is 5. The van der Waals surface area contributed by atoms with E-state index in [0.717, 1.165) is 6.26 Å². The molecule has 126 valence electrons. The van der Waals surface area contributed by atoms with E-state index < -0.39 is 27.9 Å². The number of nitrogens with zero attached hydrogens (tertiary/aromatic N) is 1. The molecule has 1 N–H and O–H groups in total. The molecular weight excluding hydrogens is 320 g/mol. The Morgan fingerprint density at radius 2 is 2.13 bits per heavy atom. The number of nitrogens with one attached hydrogen (secondary N) is 1. The zero-order valence-corrected chi connectivity index (χ0v) is 13.9. The number of carbonyl (C=O) groups excluding carboxylic acids is 2. The third-order valence-corrected chi connectivity index (χ3v) is 4.86. The number of ether oxygens (including phenoxy) is 1. The highest BCUT2D eigenvalue weighted by molar-refractivity contribution is 7.88. The van der Waals surface area contributed by atoms with Gasteiger partial charge in [-0.2, -0.15) is 4.31 Å². The van der Waals surface area contributed by atoms with Gasteiger partial charge in [0.15, 0.2) is 0 Å². The maximum atomic E-state index is 12.3. The second-order valence-electron chi connectivity index (χ2n) is 5.32. The Bertz CT molecular complexity index is 702. The summed E-state index contributed by atoms with van der Waals surface area (Å²) in [7, 11) is -3.42. The van der Waals surface area contributed by atoms with Gasteiger partial charge >= 0.3 is 5.97 Å². The third kappa shape index (κ3) is 4.29. The minimum atomic E-state index is -3.42. The summed E-state index contributed by atoms with van der Waals surface area (Å²) in [4.78, 5) is 24.0. The fourth-order valence-corrected chi connectivity index (χ4v) is 3.69. The van der Waals surface area contributed by atoms with Crippen LogP contribution in [0.2, 0.25) is 0 Å². The highest BCUT2D eigenvalue weighted by atomic mass is 32.2. The molecule has 1 aliphatic heterocycles. The van der Waals surface area contributed by atoms with Gasteiger partial charge in [0, 0.05) is 12.2 Å². The number of amides is 1. The number of carbonyl (C=O) groups is 2. The maximum absolute atomic E-state index is 12.3. The third-order valence-electron chi connectivity index (χ3n) is 3.57. The molecule has 1 atom stereocenters. The van der Waals surface area contributed by atoms with Crippen molar-refractivity contribution in [1.29, 1.82) is 0 Å². The minimum Gasteiger partial charge on any atom is -0.462 e. The SMILES string of the molecule is CCOC(=O)c1cccc(NC(=O)[C@H]2CCCN2S(C)(=O)=O)c1. The first-order valence-corrected chi connectivity index (χ1v) is 9.22. The minimum absolute atomic E-state index is 0.265. The van der Waals surface area contributed by atoms with Gasteiger partial charge in [-0.3, -0.25) is 4.79 Å². The number of esters is 1. The van der Waals surface area contributed by atoms with Crippen molar-refractivity contribution in [2.75, 3.05) is 24.7 Å². The quantitative estimate of drug-likeness (QED) is 0.814. The van der Waals surface area contributed by atoms with Gasteiger partial charge in [0.1, 0.15) is 6.04 Å². The molecule has 0 saturated carbocycles. The maximum Gasteiger partial charge on any atom is 0.338 e. The van der Waals surface area contributed by atoms with E-state index in [1.807, 2.05) is 0 Å². The van der Waals surface area contributed by atoms with Crippen LogP contribution in [0, 0.1) is 0 Å². The smallest absolute Gasteiger partial charge is 0.338 e. The molecule has 1 saturated heterocycles. The van der Waals surface area contributed by atoms with Crippen molar-refractivity contribution in [3.8, 4) is 0 Å². The number of hydrogen-bond acceptors (Lipinski definition) is 5. The average Bonchev–Trinajstić information content (AvgIpc) is 2.97. The first-order valence-electron chi connectivity index (χ1n) is 7.38. The fourth-order valence-electron chi connectivity index (χ4n) is 2.56. The van der Waals surface area contributed by atoms with Crippen molar-refractivity contribution in [1.82, 2.24) is 4.31 Å². The lowest BCUT2D eigenvalue weighted by molar-refractivity contribution is -0.119. The Morgan fingerprint density at radius 3 is 2.78 bits per heavy atom.